The maximum Gasteiger partial charge on any atom is 0.234 e. The molecule has 2 aromatic carbocycles. The molecule has 1 amide bonds. The Morgan fingerprint density at radius 1 is 1.22 bits per heavy atom. The van der Waals surface area contributed by atoms with Crippen LogP contribution in [0.2, 0.25) is 0 Å². The van der Waals surface area contributed by atoms with Crippen LogP contribution in [0.25, 0.3) is 5.69 Å². The summed E-state index contributed by atoms with van der Waals surface area (Å²) in [5, 5.41) is 20.2. The zero-order chi connectivity index (χ0) is 19.1. The average molecular weight is 379 g/mol. The molecular weight excluding hydrogens is 362 g/mol. The highest BCUT2D eigenvalue weighted by molar-refractivity contribution is 7.99. The number of amides is 1. The summed E-state index contributed by atoms with van der Waals surface area (Å²) in [6, 6.07) is 16.8. The highest BCUT2D eigenvalue weighted by Crippen LogP contribution is 2.21. The number of hydrogen-bond acceptors (Lipinski definition) is 6. The van der Waals surface area contributed by atoms with Crippen molar-refractivity contribution in [3.8, 4) is 17.5 Å². The molecule has 27 heavy (non-hydrogen) atoms. The monoisotopic (exact) mass is 379 g/mol. The summed E-state index contributed by atoms with van der Waals surface area (Å²) in [6.45, 7) is 0. The summed E-state index contributed by atoms with van der Waals surface area (Å²) in [5.41, 5.74) is 2.49. The van der Waals surface area contributed by atoms with Gasteiger partial charge in [-0.05, 0) is 42.0 Å². The molecule has 1 heterocycles. The number of rotatable bonds is 7. The Kier molecular flexibility index (Phi) is 6.07. The third kappa shape index (κ3) is 4.86. The number of nitriles is 1. The van der Waals surface area contributed by atoms with Gasteiger partial charge < -0.3 is 10.1 Å². The lowest BCUT2D eigenvalue weighted by atomic mass is 10.1. The third-order valence-corrected chi connectivity index (χ3v) is 4.66. The second-order valence-electron chi connectivity index (χ2n) is 5.55. The fourth-order valence-corrected chi connectivity index (χ4v) is 3.10. The van der Waals surface area contributed by atoms with Gasteiger partial charge in [-0.15, -0.1) is 10.2 Å². The minimum atomic E-state index is -0.141. The van der Waals surface area contributed by atoms with Crippen LogP contribution in [0.3, 0.4) is 0 Å². The van der Waals surface area contributed by atoms with Crippen LogP contribution >= 0.6 is 11.8 Å². The van der Waals surface area contributed by atoms with Crippen molar-refractivity contribution in [2.75, 3.05) is 18.2 Å². The number of carbonyl (C=O) groups is 1. The molecule has 7 nitrogen and oxygen atoms in total. The smallest absolute Gasteiger partial charge is 0.234 e. The lowest BCUT2D eigenvalue weighted by molar-refractivity contribution is -0.113. The number of ether oxygens (including phenoxy) is 1. The first kappa shape index (κ1) is 18.5. The number of benzene rings is 2. The second kappa shape index (κ2) is 8.87. The van der Waals surface area contributed by atoms with Gasteiger partial charge in [-0.3, -0.25) is 9.36 Å². The van der Waals surface area contributed by atoms with Crippen molar-refractivity contribution in [2.24, 2.45) is 0 Å². The molecule has 0 aliphatic rings. The molecule has 1 N–H and O–H groups in total. The van der Waals surface area contributed by atoms with Crippen molar-refractivity contribution < 1.29 is 9.53 Å². The summed E-state index contributed by atoms with van der Waals surface area (Å²) in [6.07, 6.45) is 1.96. The summed E-state index contributed by atoms with van der Waals surface area (Å²) in [7, 11) is 1.62. The quantitative estimate of drug-likeness (QED) is 0.634. The molecule has 0 fully saturated rings. The van der Waals surface area contributed by atoms with Crippen LogP contribution < -0.4 is 10.1 Å². The van der Waals surface area contributed by atoms with Gasteiger partial charge in [0.1, 0.15) is 12.1 Å². The number of aromatic nitrogens is 3. The van der Waals surface area contributed by atoms with Crippen molar-refractivity contribution in [3.63, 3.8) is 0 Å². The van der Waals surface area contributed by atoms with E-state index in [1.807, 2.05) is 41.0 Å². The van der Waals surface area contributed by atoms with Crippen molar-refractivity contribution in [3.05, 3.63) is 60.4 Å². The van der Waals surface area contributed by atoms with Gasteiger partial charge in [-0.1, -0.05) is 23.9 Å². The molecule has 0 radical (unpaired) electrons. The number of anilines is 1. The van der Waals surface area contributed by atoms with E-state index in [0.29, 0.717) is 17.3 Å². The predicted molar refractivity (Wildman–Crippen MR) is 103 cm³/mol. The molecular formula is C19H17N5O2S. The summed E-state index contributed by atoms with van der Waals surface area (Å²) >= 11 is 1.30. The SMILES string of the molecule is COc1ccc(-n2cnnc2SCC(=O)Nc2ccc(CC#N)cc2)cc1. The fraction of sp³-hybridized carbons (Fsp3) is 0.158. The van der Waals surface area contributed by atoms with Crippen LogP contribution in [-0.4, -0.2) is 33.5 Å². The summed E-state index contributed by atoms with van der Waals surface area (Å²) in [5.74, 6) is 0.827. The zero-order valence-corrected chi connectivity index (χ0v) is 15.4. The molecule has 0 spiro atoms. The minimum Gasteiger partial charge on any atom is -0.497 e. The highest BCUT2D eigenvalue weighted by Gasteiger charge is 2.10. The Morgan fingerprint density at radius 3 is 2.63 bits per heavy atom. The summed E-state index contributed by atoms with van der Waals surface area (Å²) < 4.78 is 6.97. The lowest BCUT2D eigenvalue weighted by Gasteiger charge is -2.08. The van der Waals surface area contributed by atoms with E-state index in [9.17, 15) is 4.79 Å². The molecule has 3 rings (SSSR count). The highest BCUT2D eigenvalue weighted by atomic mass is 32.2. The van der Waals surface area contributed by atoms with Gasteiger partial charge in [0.15, 0.2) is 5.16 Å². The van der Waals surface area contributed by atoms with Gasteiger partial charge in [-0.2, -0.15) is 5.26 Å². The maximum absolute atomic E-state index is 12.2. The van der Waals surface area contributed by atoms with Gasteiger partial charge in [0.2, 0.25) is 5.91 Å². The number of carbonyl (C=O) groups excluding carboxylic acids is 1. The number of thioether (sulfide) groups is 1. The molecule has 8 heteroatoms. The van der Waals surface area contributed by atoms with E-state index >= 15 is 0 Å². The summed E-state index contributed by atoms with van der Waals surface area (Å²) in [4.78, 5) is 12.2. The minimum absolute atomic E-state index is 0.141. The molecule has 0 unspecified atom stereocenters. The van der Waals surface area contributed by atoms with E-state index in [2.05, 4.69) is 21.6 Å². The molecule has 0 aliphatic carbocycles. The largest absolute Gasteiger partial charge is 0.497 e. The van der Waals surface area contributed by atoms with E-state index in [0.717, 1.165) is 17.0 Å². The Hall–Kier alpha value is -3.31. The Morgan fingerprint density at radius 2 is 1.96 bits per heavy atom. The Bertz CT molecular complexity index is 945. The van der Waals surface area contributed by atoms with Gasteiger partial charge >= 0.3 is 0 Å². The molecule has 1 aromatic heterocycles. The molecule has 0 aliphatic heterocycles. The third-order valence-electron chi connectivity index (χ3n) is 3.72. The lowest BCUT2D eigenvalue weighted by Crippen LogP contribution is -2.14. The first-order chi connectivity index (χ1) is 13.2. The standard InChI is InChI=1S/C19H17N5O2S/c1-26-17-8-6-16(7-9-17)24-13-21-23-19(24)27-12-18(25)22-15-4-2-14(3-5-15)10-11-20/h2-9,13H,10,12H2,1H3,(H,22,25). The van der Waals surface area contributed by atoms with Crippen LogP contribution in [0, 0.1) is 11.3 Å². The molecule has 0 bridgehead atoms. The molecule has 0 saturated carbocycles. The zero-order valence-electron chi connectivity index (χ0n) is 14.6. The van der Waals surface area contributed by atoms with Crippen LogP contribution in [-0.2, 0) is 11.2 Å². The Labute approximate surface area is 161 Å². The topological polar surface area (TPSA) is 92.8 Å². The van der Waals surface area contributed by atoms with Gasteiger partial charge in [0.25, 0.3) is 0 Å². The fourth-order valence-electron chi connectivity index (χ4n) is 2.37. The van der Waals surface area contributed by atoms with Gasteiger partial charge in [0, 0.05) is 11.4 Å². The average Bonchev–Trinajstić information content (AvgIpc) is 3.17. The second-order valence-corrected chi connectivity index (χ2v) is 6.49. The van der Waals surface area contributed by atoms with Crippen LogP contribution in [0.15, 0.2) is 60.0 Å². The van der Waals surface area contributed by atoms with E-state index < -0.39 is 0 Å². The molecule has 3 aromatic rings. The van der Waals surface area contributed by atoms with Gasteiger partial charge in [0.05, 0.1) is 25.4 Å². The van der Waals surface area contributed by atoms with Crippen molar-refractivity contribution in [1.82, 2.24) is 14.8 Å². The van der Waals surface area contributed by atoms with Crippen molar-refractivity contribution >= 4 is 23.4 Å². The predicted octanol–water partition coefficient (Wildman–Crippen LogP) is 3.07. The first-order valence-electron chi connectivity index (χ1n) is 8.12. The van der Waals surface area contributed by atoms with E-state index in [1.54, 1.807) is 25.6 Å². The molecule has 0 saturated heterocycles. The number of hydrogen-bond donors (Lipinski definition) is 1. The molecule has 136 valence electrons. The number of methoxy groups -OCH3 is 1. The van der Waals surface area contributed by atoms with E-state index in [1.165, 1.54) is 11.8 Å². The van der Waals surface area contributed by atoms with E-state index in [4.69, 9.17) is 10.00 Å². The van der Waals surface area contributed by atoms with Crippen LogP contribution in [0.4, 0.5) is 5.69 Å². The number of nitrogens with one attached hydrogen (secondary N) is 1. The maximum atomic E-state index is 12.2. The van der Waals surface area contributed by atoms with Crippen LogP contribution in [0.5, 0.6) is 5.75 Å². The van der Waals surface area contributed by atoms with Gasteiger partial charge in [-0.25, -0.2) is 0 Å². The first-order valence-corrected chi connectivity index (χ1v) is 9.11. The van der Waals surface area contributed by atoms with Crippen molar-refractivity contribution in [2.45, 2.75) is 11.6 Å². The number of nitrogens with zero attached hydrogens (tertiary/aromatic N) is 4. The van der Waals surface area contributed by atoms with Crippen LogP contribution in [0.1, 0.15) is 5.56 Å². The van der Waals surface area contributed by atoms with Crippen molar-refractivity contribution in [1.29, 1.82) is 5.26 Å². The molecule has 0 atom stereocenters. The van der Waals surface area contributed by atoms with E-state index in [-0.39, 0.29) is 11.7 Å². The Balaban J connectivity index is 1.59. The normalized spacial score (nSPS) is 10.2.